The maximum absolute atomic E-state index is 13.5. The summed E-state index contributed by atoms with van der Waals surface area (Å²) in [6.07, 6.45) is 4.78. The average Bonchev–Trinajstić information content (AvgIpc) is 3.17. The van der Waals surface area contributed by atoms with Gasteiger partial charge in [0.15, 0.2) is 0 Å². The summed E-state index contributed by atoms with van der Waals surface area (Å²) in [6, 6.07) is 10.6. The summed E-state index contributed by atoms with van der Waals surface area (Å²) in [5, 5.41) is 11.1. The van der Waals surface area contributed by atoms with E-state index in [0.29, 0.717) is 5.88 Å². The van der Waals surface area contributed by atoms with E-state index < -0.39 is 5.60 Å². The molecule has 0 radical (unpaired) electrons. The molecule has 2 aliphatic rings. The zero-order chi connectivity index (χ0) is 23.4. The van der Waals surface area contributed by atoms with Gasteiger partial charge in [-0.25, -0.2) is 9.18 Å². The van der Waals surface area contributed by atoms with E-state index in [4.69, 9.17) is 9.47 Å². The Morgan fingerprint density at radius 2 is 1.97 bits per heavy atom. The van der Waals surface area contributed by atoms with Gasteiger partial charge in [-0.15, -0.1) is 5.10 Å². The Morgan fingerprint density at radius 3 is 2.67 bits per heavy atom. The molecule has 8 heteroatoms. The highest BCUT2D eigenvalue weighted by atomic mass is 19.1. The zero-order valence-electron chi connectivity index (χ0n) is 19.5. The van der Waals surface area contributed by atoms with Crippen molar-refractivity contribution >= 4 is 6.09 Å². The minimum atomic E-state index is -0.526. The van der Waals surface area contributed by atoms with E-state index in [0.717, 1.165) is 44.3 Å². The highest BCUT2D eigenvalue weighted by Gasteiger charge is 2.42. The largest absolute Gasteiger partial charge is 0.472 e. The Balaban J connectivity index is 1.47. The molecule has 2 fully saturated rings. The molecule has 3 unspecified atom stereocenters. The van der Waals surface area contributed by atoms with Crippen molar-refractivity contribution in [2.45, 2.75) is 76.2 Å². The number of carbonyl (C=O) groups is 1. The number of amides is 1. The topological polar surface area (TPSA) is 76.6 Å². The first kappa shape index (κ1) is 23.4. The molecule has 4 rings (SSSR count). The lowest BCUT2D eigenvalue weighted by Gasteiger charge is -2.39. The van der Waals surface area contributed by atoms with Gasteiger partial charge in [0.25, 0.3) is 0 Å². The summed E-state index contributed by atoms with van der Waals surface area (Å²) >= 11 is 0. The number of carbonyl (C=O) groups excluding carboxylic acids is 1. The van der Waals surface area contributed by atoms with Gasteiger partial charge in [0.2, 0.25) is 5.88 Å². The summed E-state index contributed by atoms with van der Waals surface area (Å²) in [6.45, 7) is 7.26. The first-order chi connectivity index (χ1) is 15.8. The van der Waals surface area contributed by atoms with E-state index in [-0.39, 0.29) is 36.0 Å². The Bertz CT molecular complexity index is 919. The first-order valence-corrected chi connectivity index (χ1v) is 11.7. The molecule has 0 spiro atoms. The second kappa shape index (κ2) is 10.0. The van der Waals surface area contributed by atoms with Crippen molar-refractivity contribution in [1.82, 2.24) is 20.4 Å². The fourth-order valence-corrected chi connectivity index (χ4v) is 4.90. The smallest absolute Gasteiger partial charge is 0.407 e. The van der Waals surface area contributed by atoms with Gasteiger partial charge < -0.3 is 14.8 Å². The third-order valence-corrected chi connectivity index (χ3v) is 6.28. The SMILES string of the molecule is CC(C)(C)OC(=O)NC1CCCN([C@@H]2CC(c3ccc(F)cc3)CC2Oc2cccnn2)C1. The molecule has 2 heterocycles. The summed E-state index contributed by atoms with van der Waals surface area (Å²) in [7, 11) is 0. The van der Waals surface area contributed by atoms with Crippen LogP contribution in [-0.4, -0.2) is 58.1 Å². The van der Waals surface area contributed by atoms with Crippen LogP contribution in [0.3, 0.4) is 0 Å². The van der Waals surface area contributed by atoms with Gasteiger partial charge in [0.1, 0.15) is 17.5 Å². The fraction of sp³-hybridized carbons (Fsp3) is 0.560. The van der Waals surface area contributed by atoms with E-state index in [1.54, 1.807) is 6.20 Å². The molecular formula is C25H33FN4O3. The number of ether oxygens (including phenoxy) is 2. The molecular weight excluding hydrogens is 423 g/mol. The number of hydrogen-bond donors (Lipinski definition) is 1. The standard InChI is InChI=1S/C25H33FN4O3/c1-25(2,3)33-24(31)28-20-6-5-13-30(16-20)21-14-18(17-8-10-19(26)11-9-17)15-22(21)32-23-7-4-12-27-29-23/h4,7-12,18,20-22H,5-6,13-16H2,1-3H3,(H,28,31)/t18?,20?,21-,22?/m1/s1. The predicted molar refractivity (Wildman–Crippen MR) is 123 cm³/mol. The van der Waals surface area contributed by atoms with Crippen LogP contribution >= 0.6 is 0 Å². The third-order valence-electron chi connectivity index (χ3n) is 6.28. The van der Waals surface area contributed by atoms with Crippen LogP contribution in [0.1, 0.15) is 57.9 Å². The van der Waals surface area contributed by atoms with E-state index in [1.807, 2.05) is 45.0 Å². The van der Waals surface area contributed by atoms with E-state index in [1.165, 1.54) is 12.1 Å². The number of rotatable bonds is 5. The lowest BCUT2D eigenvalue weighted by Crippen LogP contribution is -2.54. The van der Waals surface area contributed by atoms with Crippen molar-refractivity contribution in [2.24, 2.45) is 0 Å². The predicted octanol–water partition coefficient (Wildman–Crippen LogP) is 4.30. The molecule has 1 aromatic heterocycles. The van der Waals surface area contributed by atoms with Crippen molar-refractivity contribution in [3.63, 3.8) is 0 Å². The Kier molecular flexibility index (Phi) is 7.12. The molecule has 2 aromatic rings. The molecule has 1 amide bonds. The number of benzene rings is 1. The van der Waals surface area contributed by atoms with Crippen LogP contribution in [0.15, 0.2) is 42.6 Å². The lowest BCUT2D eigenvalue weighted by atomic mass is 9.97. The van der Waals surface area contributed by atoms with E-state index in [9.17, 15) is 9.18 Å². The lowest BCUT2D eigenvalue weighted by molar-refractivity contribution is 0.0383. The minimum Gasteiger partial charge on any atom is -0.472 e. The number of likely N-dealkylation sites (tertiary alicyclic amines) is 1. The number of piperidine rings is 1. The van der Waals surface area contributed by atoms with Gasteiger partial charge in [-0.1, -0.05) is 12.1 Å². The second-order valence-electron chi connectivity index (χ2n) is 9.99. The van der Waals surface area contributed by atoms with Gasteiger partial charge in [0, 0.05) is 30.9 Å². The van der Waals surface area contributed by atoms with Crippen LogP contribution < -0.4 is 10.1 Å². The van der Waals surface area contributed by atoms with Crippen molar-refractivity contribution in [3.8, 4) is 5.88 Å². The van der Waals surface area contributed by atoms with Crippen LogP contribution in [0.5, 0.6) is 5.88 Å². The van der Waals surface area contributed by atoms with Crippen molar-refractivity contribution < 1.29 is 18.7 Å². The molecule has 33 heavy (non-hydrogen) atoms. The number of hydrogen-bond acceptors (Lipinski definition) is 6. The number of halogens is 1. The highest BCUT2D eigenvalue weighted by molar-refractivity contribution is 5.68. The second-order valence-corrected chi connectivity index (χ2v) is 9.99. The van der Waals surface area contributed by atoms with E-state index >= 15 is 0 Å². The Morgan fingerprint density at radius 1 is 1.18 bits per heavy atom. The summed E-state index contributed by atoms with van der Waals surface area (Å²) in [5.74, 6) is 0.539. The number of nitrogens with one attached hydrogen (secondary N) is 1. The summed E-state index contributed by atoms with van der Waals surface area (Å²) in [5.41, 5.74) is 0.592. The number of alkyl carbamates (subject to hydrolysis) is 1. The van der Waals surface area contributed by atoms with Gasteiger partial charge >= 0.3 is 6.09 Å². The van der Waals surface area contributed by atoms with Crippen LogP contribution in [0.2, 0.25) is 0 Å². The maximum atomic E-state index is 13.5. The van der Waals surface area contributed by atoms with Crippen LogP contribution in [-0.2, 0) is 4.74 Å². The molecule has 0 bridgehead atoms. The van der Waals surface area contributed by atoms with Gasteiger partial charge in [-0.05, 0) is 82.7 Å². The van der Waals surface area contributed by atoms with Crippen molar-refractivity contribution in [2.75, 3.05) is 13.1 Å². The van der Waals surface area contributed by atoms with Gasteiger partial charge in [0.05, 0.1) is 0 Å². The minimum absolute atomic E-state index is 0.0237. The monoisotopic (exact) mass is 456 g/mol. The molecule has 1 saturated carbocycles. The average molecular weight is 457 g/mol. The summed E-state index contributed by atoms with van der Waals surface area (Å²) < 4.78 is 25.2. The van der Waals surface area contributed by atoms with E-state index in [2.05, 4.69) is 20.4 Å². The molecule has 1 aliphatic carbocycles. The van der Waals surface area contributed by atoms with Crippen LogP contribution in [0, 0.1) is 5.82 Å². The van der Waals surface area contributed by atoms with Gasteiger partial charge in [-0.3, -0.25) is 4.90 Å². The third kappa shape index (κ3) is 6.41. The Hall–Kier alpha value is -2.74. The number of aromatic nitrogens is 2. The molecule has 7 nitrogen and oxygen atoms in total. The number of nitrogens with zero attached hydrogens (tertiary/aromatic N) is 3. The molecule has 178 valence electrons. The van der Waals surface area contributed by atoms with Crippen molar-refractivity contribution in [3.05, 3.63) is 54.0 Å². The molecule has 1 aromatic carbocycles. The Labute approximate surface area is 194 Å². The normalized spacial score (nSPS) is 26.1. The molecule has 1 saturated heterocycles. The molecule has 1 N–H and O–H groups in total. The fourth-order valence-electron chi connectivity index (χ4n) is 4.90. The molecule has 1 aliphatic heterocycles. The molecule has 4 atom stereocenters. The first-order valence-electron chi connectivity index (χ1n) is 11.7. The van der Waals surface area contributed by atoms with Crippen molar-refractivity contribution in [1.29, 1.82) is 0 Å². The van der Waals surface area contributed by atoms with Gasteiger partial charge in [-0.2, -0.15) is 5.10 Å². The quantitative estimate of drug-likeness (QED) is 0.723. The maximum Gasteiger partial charge on any atom is 0.407 e. The summed E-state index contributed by atoms with van der Waals surface area (Å²) in [4.78, 5) is 14.7. The van der Waals surface area contributed by atoms with Crippen LogP contribution in [0.4, 0.5) is 9.18 Å². The zero-order valence-corrected chi connectivity index (χ0v) is 19.5. The van der Waals surface area contributed by atoms with Crippen LogP contribution in [0.25, 0.3) is 0 Å². The highest BCUT2D eigenvalue weighted by Crippen LogP contribution is 2.39.